The van der Waals surface area contributed by atoms with E-state index in [-0.39, 0.29) is 5.97 Å². The van der Waals surface area contributed by atoms with Gasteiger partial charge in [-0.15, -0.1) is 0 Å². The van der Waals surface area contributed by atoms with Crippen molar-refractivity contribution in [3.05, 3.63) is 36.3 Å². The van der Waals surface area contributed by atoms with Crippen molar-refractivity contribution in [2.75, 3.05) is 6.61 Å². The zero-order chi connectivity index (χ0) is 11.4. The molecule has 2 rings (SSSR count). The van der Waals surface area contributed by atoms with Crippen LogP contribution in [0, 0.1) is 11.8 Å². The molecule has 1 aliphatic rings. The van der Waals surface area contributed by atoms with Crippen LogP contribution >= 0.6 is 0 Å². The standard InChI is InChI=1S/C13H16O3/c1-10-4-2-3-5-11(10)9-16-13(14)12-6-7-15-8-12/h2-3,6-8,10-11H,4-5,9H2,1H3. The van der Waals surface area contributed by atoms with Crippen molar-refractivity contribution in [3.63, 3.8) is 0 Å². The van der Waals surface area contributed by atoms with Crippen LogP contribution in [0.3, 0.4) is 0 Å². The molecule has 0 radical (unpaired) electrons. The van der Waals surface area contributed by atoms with Gasteiger partial charge in [0.15, 0.2) is 0 Å². The number of ether oxygens (including phenoxy) is 1. The maximum atomic E-state index is 11.6. The fraction of sp³-hybridized carbons (Fsp3) is 0.462. The van der Waals surface area contributed by atoms with Gasteiger partial charge >= 0.3 is 5.97 Å². The van der Waals surface area contributed by atoms with E-state index in [9.17, 15) is 4.79 Å². The van der Waals surface area contributed by atoms with Gasteiger partial charge in [0.1, 0.15) is 6.26 Å². The summed E-state index contributed by atoms with van der Waals surface area (Å²) in [6.45, 7) is 2.69. The molecule has 0 bridgehead atoms. The lowest BCUT2D eigenvalue weighted by Gasteiger charge is -2.24. The van der Waals surface area contributed by atoms with E-state index in [0.717, 1.165) is 12.8 Å². The van der Waals surface area contributed by atoms with Crippen molar-refractivity contribution in [2.45, 2.75) is 19.8 Å². The van der Waals surface area contributed by atoms with Crippen molar-refractivity contribution in [3.8, 4) is 0 Å². The third kappa shape index (κ3) is 2.54. The zero-order valence-electron chi connectivity index (χ0n) is 9.39. The average molecular weight is 220 g/mol. The second-order valence-electron chi connectivity index (χ2n) is 4.29. The average Bonchev–Trinajstić information content (AvgIpc) is 2.81. The Morgan fingerprint density at radius 2 is 2.31 bits per heavy atom. The molecule has 3 nitrogen and oxygen atoms in total. The van der Waals surface area contributed by atoms with Gasteiger partial charge in [-0.1, -0.05) is 19.1 Å². The maximum Gasteiger partial charge on any atom is 0.341 e. The van der Waals surface area contributed by atoms with E-state index in [1.165, 1.54) is 12.5 Å². The summed E-state index contributed by atoms with van der Waals surface area (Å²) in [6, 6.07) is 1.62. The number of carbonyl (C=O) groups excluding carboxylic acids is 1. The number of hydrogen-bond donors (Lipinski definition) is 0. The number of esters is 1. The van der Waals surface area contributed by atoms with Crippen LogP contribution in [0.15, 0.2) is 35.2 Å². The zero-order valence-corrected chi connectivity index (χ0v) is 9.39. The Hall–Kier alpha value is -1.51. The molecule has 0 saturated heterocycles. The Bertz CT molecular complexity index is 365. The van der Waals surface area contributed by atoms with Gasteiger partial charge in [0.25, 0.3) is 0 Å². The van der Waals surface area contributed by atoms with E-state index in [1.807, 2.05) is 0 Å². The first-order valence-corrected chi connectivity index (χ1v) is 5.61. The number of carbonyl (C=O) groups is 1. The predicted molar refractivity (Wildman–Crippen MR) is 60.0 cm³/mol. The van der Waals surface area contributed by atoms with Gasteiger partial charge in [-0.2, -0.15) is 0 Å². The van der Waals surface area contributed by atoms with Gasteiger partial charge < -0.3 is 9.15 Å². The minimum Gasteiger partial charge on any atom is -0.472 e. The largest absolute Gasteiger partial charge is 0.472 e. The first-order valence-electron chi connectivity index (χ1n) is 5.61. The number of furan rings is 1. The van der Waals surface area contributed by atoms with Crippen LogP contribution < -0.4 is 0 Å². The minimum atomic E-state index is -0.296. The molecule has 16 heavy (non-hydrogen) atoms. The summed E-state index contributed by atoms with van der Waals surface area (Å²) in [5, 5.41) is 0. The summed E-state index contributed by atoms with van der Waals surface area (Å²) < 4.78 is 10.1. The van der Waals surface area contributed by atoms with Gasteiger partial charge in [-0.25, -0.2) is 4.79 Å². The van der Waals surface area contributed by atoms with Crippen molar-refractivity contribution in [1.82, 2.24) is 0 Å². The number of hydrogen-bond acceptors (Lipinski definition) is 3. The molecule has 0 aromatic carbocycles. The number of rotatable bonds is 3. The Kier molecular flexibility index (Phi) is 3.44. The lowest BCUT2D eigenvalue weighted by molar-refractivity contribution is 0.0394. The normalized spacial score (nSPS) is 24.3. The van der Waals surface area contributed by atoms with Gasteiger partial charge in [0, 0.05) is 0 Å². The van der Waals surface area contributed by atoms with Crippen LogP contribution in [0.5, 0.6) is 0 Å². The molecule has 0 saturated carbocycles. The fourth-order valence-corrected chi connectivity index (χ4v) is 1.89. The number of allylic oxidation sites excluding steroid dienone is 2. The van der Waals surface area contributed by atoms with Crippen LogP contribution in [-0.2, 0) is 4.74 Å². The lowest BCUT2D eigenvalue weighted by atomic mass is 9.85. The van der Waals surface area contributed by atoms with Crippen molar-refractivity contribution < 1.29 is 13.9 Å². The van der Waals surface area contributed by atoms with E-state index in [2.05, 4.69) is 19.1 Å². The first-order chi connectivity index (χ1) is 7.77. The topological polar surface area (TPSA) is 39.4 Å². The Balaban J connectivity index is 1.83. The second-order valence-corrected chi connectivity index (χ2v) is 4.29. The molecular formula is C13H16O3. The first kappa shape index (κ1) is 11.0. The fourth-order valence-electron chi connectivity index (χ4n) is 1.89. The van der Waals surface area contributed by atoms with Crippen LogP contribution in [0.2, 0.25) is 0 Å². The summed E-state index contributed by atoms with van der Waals surface area (Å²) >= 11 is 0. The molecule has 2 unspecified atom stereocenters. The smallest absolute Gasteiger partial charge is 0.341 e. The molecule has 0 amide bonds. The van der Waals surface area contributed by atoms with Crippen LogP contribution in [0.1, 0.15) is 30.1 Å². The molecule has 0 aliphatic heterocycles. The van der Waals surface area contributed by atoms with E-state index in [4.69, 9.17) is 9.15 Å². The summed E-state index contributed by atoms with van der Waals surface area (Å²) in [5.41, 5.74) is 0.485. The van der Waals surface area contributed by atoms with E-state index in [1.54, 1.807) is 6.07 Å². The highest BCUT2D eigenvalue weighted by atomic mass is 16.5. The summed E-state index contributed by atoms with van der Waals surface area (Å²) in [7, 11) is 0. The summed E-state index contributed by atoms with van der Waals surface area (Å²) in [5.74, 6) is 0.735. The molecular weight excluding hydrogens is 204 g/mol. The Morgan fingerprint density at radius 3 is 3.00 bits per heavy atom. The van der Waals surface area contributed by atoms with Crippen molar-refractivity contribution >= 4 is 5.97 Å². The highest BCUT2D eigenvalue weighted by Crippen LogP contribution is 2.25. The third-order valence-electron chi connectivity index (χ3n) is 3.10. The molecule has 1 aromatic heterocycles. The second kappa shape index (κ2) is 5.01. The summed E-state index contributed by atoms with van der Waals surface area (Å²) in [4.78, 5) is 11.6. The van der Waals surface area contributed by atoms with Gasteiger partial charge in [-0.3, -0.25) is 0 Å². The molecule has 86 valence electrons. The monoisotopic (exact) mass is 220 g/mol. The molecule has 1 heterocycles. The van der Waals surface area contributed by atoms with Gasteiger partial charge in [0.05, 0.1) is 18.4 Å². The van der Waals surface area contributed by atoms with Gasteiger partial charge in [-0.05, 0) is 30.7 Å². The molecule has 1 aliphatic carbocycles. The van der Waals surface area contributed by atoms with Crippen molar-refractivity contribution in [2.24, 2.45) is 11.8 Å². The molecule has 1 aromatic rings. The highest BCUT2D eigenvalue weighted by molar-refractivity contribution is 5.88. The maximum absolute atomic E-state index is 11.6. The highest BCUT2D eigenvalue weighted by Gasteiger charge is 2.20. The Labute approximate surface area is 95.1 Å². The summed E-state index contributed by atoms with van der Waals surface area (Å²) in [6.07, 6.45) is 9.32. The Morgan fingerprint density at radius 1 is 1.50 bits per heavy atom. The van der Waals surface area contributed by atoms with Crippen molar-refractivity contribution in [1.29, 1.82) is 0 Å². The van der Waals surface area contributed by atoms with Crippen LogP contribution in [0.4, 0.5) is 0 Å². The predicted octanol–water partition coefficient (Wildman–Crippen LogP) is 3.04. The SMILES string of the molecule is CC1CC=CCC1COC(=O)c1ccoc1. The molecule has 0 spiro atoms. The van der Waals surface area contributed by atoms with Crippen LogP contribution in [-0.4, -0.2) is 12.6 Å². The van der Waals surface area contributed by atoms with E-state index < -0.39 is 0 Å². The lowest BCUT2D eigenvalue weighted by Crippen LogP contribution is -2.21. The van der Waals surface area contributed by atoms with Crippen LogP contribution in [0.25, 0.3) is 0 Å². The molecule has 0 fully saturated rings. The third-order valence-corrected chi connectivity index (χ3v) is 3.10. The minimum absolute atomic E-state index is 0.296. The quantitative estimate of drug-likeness (QED) is 0.580. The van der Waals surface area contributed by atoms with Gasteiger partial charge in [0.2, 0.25) is 0 Å². The molecule has 0 N–H and O–H groups in total. The van der Waals surface area contributed by atoms with E-state index in [0.29, 0.717) is 24.0 Å². The van der Waals surface area contributed by atoms with E-state index >= 15 is 0 Å². The molecule has 3 heteroatoms. The molecule has 2 atom stereocenters.